The molecule has 158 valence electrons. The van der Waals surface area contributed by atoms with Crippen molar-refractivity contribution < 1.29 is 24.4 Å². The summed E-state index contributed by atoms with van der Waals surface area (Å²) in [6.45, 7) is 1.70. The molecule has 9 heteroatoms. The van der Waals surface area contributed by atoms with Crippen LogP contribution >= 0.6 is 22.6 Å². The Kier molecular flexibility index (Phi) is 6.85. The van der Waals surface area contributed by atoms with Gasteiger partial charge in [0.2, 0.25) is 6.10 Å². The molecule has 0 aliphatic carbocycles. The summed E-state index contributed by atoms with van der Waals surface area (Å²) in [4.78, 5) is 36.5. The highest BCUT2D eigenvalue weighted by Gasteiger charge is 2.28. The van der Waals surface area contributed by atoms with Crippen LogP contribution < -0.4 is 5.32 Å². The zero-order chi connectivity index (χ0) is 22.5. The van der Waals surface area contributed by atoms with Crippen LogP contribution in [-0.4, -0.2) is 21.9 Å². The van der Waals surface area contributed by atoms with E-state index in [-0.39, 0.29) is 22.7 Å². The number of esters is 1. The molecule has 0 bridgehead atoms. The first-order chi connectivity index (χ1) is 14.8. The number of amides is 1. The monoisotopic (exact) mass is 532 g/mol. The number of halogens is 1. The third kappa shape index (κ3) is 5.37. The average molecular weight is 532 g/mol. The molecule has 3 rings (SSSR count). The second-order valence-electron chi connectivity index (χ2n) is 6.62. The van der Waals surface area contributed by atoms with Crippen molar-refractivity contribution in [3.05, 3.63) is 97.1 Å². The van der Waals surface area contributed by atoms with Gasteiger partial charge in [0.1, 0.15) is 17.0 Å². The summed E-state index contributed by atoms with van der Waals surface area (Å²) in [5, 5.41) is 23.9. The van der Waals surface area contributed by atoms with E-state index < -0.39 is 22.9 Å². The van der Waals surface area contributed by atoms with Crippen LogP contribution in [0.2, 0.25) is 0 Å². The van der Waals surface area contributed by atoms with Crippen LogP contribution in [0.5, 0.6) is 5.75 Å². The second kappa shape index (κ2) is 9.56. The van der Waals surface area contributed by atoms with Crippen LogP contribution in [0.1, 0.15) is 27.6 Å². The van der Waals surface area contributed by atoms with E-state index >= 15 is 0 Å². The molecule has 0 saturated heterocycles. The number of ether oxygens (including phenoxy) is 1. The van der Waals surface area contributed by atoms with E-state index in [1.165, 1.54) is 24.3 Å². The van der Waals surface area contributed by atoms with E-state index in [0.717, 1.165) is 0 Å². The van der Waals surface area contributed by atoms with Crippen LogP contribution in [-0.2, 0) is 9.53 Å². The van der Waals surface area contributed by atoms with Gasteiger partial charge in [-0.25, -0.2) is 4.79 Å². The third-order valence-corrected chi connectivity index (χ3v) is 5.02. The van der Waals surface area contributed by atoms with Crippen molar-refractivity contribution in [2.75, 3.05) is 5.32 Å². The number of carbonyl (C=O) groups excluding carboxylic acids is 2. The summed E-state index contributed by atoms with van der Waals surface area (Å²) in [5.41, 5.74) is 0.636. The Morgan fingerprint density at radius 2 is 1.81 bits per heavy atom. The van der Waals surface area contributed by atoms with Gasteiger partial charge in [0.15, 0.2) is 0 Å². The highest BCUT2D eigenvalue weighted by atomic mass is 127. The fourth-order valence-corrected chi connectivity index (χ4v) is 3.33. The highest BCUT2D eigenvalue weighted by Crippen LogP contribution is 2.29. The van der Waals surface area contributed by atoms with Gasteiger partial charge in [-0.15, -0.1) is 0 Å². The lowest BCUT2D eigenvalue weighted by Gasteiger charge is -2.18. The zero-order valence-electron chi connectivity index (χ0n) is 16.2. The Morgan fingerprint density at radius 1 is 1.10 bits per heavy atom. The Hall–Kier alpha value is -3.47. The number of benzene rings is 3. The molecule has 0 aliphatic heterocycles. The fraction of sp³-hybridized carbons (Fsp3) is 0.0909. The Bertz CT molecular complexity index is 1150. The molecule has 0 saturated carbocycles. The molecule has 0 aliphatic rings. The van der Waals surface area contributed by atoms with Crippen molar-refractivity contribution >= 4 is 45.8 Å². The topological polar surface area (TPSA) is 119 Å². The third-order valence-electron chi connectivity index (χ3n) is 4.35. The summed E-state index contributed by atoms with van der Waals surface area (Å²) in [6, 6.07) is 17.0. The number of rotatable bonds is 6. The Labute approximate surface area is 191 Å². The van der Waals surface area contributed by atoms with Crippen LogP contribution in [0.25, 0.3) is 0 Å². The van der Waals surface area contributed by atoms with Gasteiger partial charge in [-0.3, -0.25) is 14.9 Å². The van der Waals surface area contributed by atoms with E-state index in [0.29, 0.717) is 14.7 Å². The van der Waals surface area contributed by atoms with Crippen molar-refractivity contribution in [1.82, 2.24) is 0 Å². The fourth-order valence-electron chi connectivity index (χ4n) is 2.84. The van der Waals surface area contributed by atoms with Crippen LogP contribution in [0, 0.1) is 20.6 Å². The van der Waals surface area contributed by atoms with Crippen LogP contribution in [0.3, 0.4) is 0 Å². The number of nitro benzene ring substituents is 1. The highest BCUT2D eigenvalue weighted by molar-refractivity contribution is 14.1. The van der Waals surface area contributed by atoms with Gasteiger partial charge in [-0.05, 0) is 59.3 Å². The predicted octanol–water partition coefficient (Wildman–Crippen LogP) is 4.75. The van der Waals surface area contributed by atoms with Crippen molar-refractivity contribution in [3.63, 3.8) is 0 Å². The number of hydrogen-bond acceptors (Lipinski definition) is 6. The molecule has 0 radical (unpaired) electrons. The molecule has 1 amide bonds. The van der Waals surface area contributed by atoms with E-state index in [2.05, 4.69) is 5.32 Å². The van der Waals surface area contributed by atoms with E-state index in [9.17, 15) is 24.8 Å². The average Bonchev–Trinajstić information content (AvgIpc) is 2.75. The first-order valence-electron chi connectivity index (χ1n) is 9.06. The SMILES string of the molecule is Cc1ccc(NC(=O)[C@H](OC(=O)c2cc(I)ccc2O)c2ccccc2)c([N+](=O)[O-])c1. The summed E-state index contributed by atoms with van der Waals surface area (Å²) in [5.74, 6) is -1.96. The number of nitrogens with one attached hydrogen (secondary N) is 1. The standard InChI is InChI=1S/C22H17IN2O6/c1-13-7-9-17(18(11-13)25(29)30)24-21(27)20(14-5-3-2-4-6-14)31-22(28)16-12-15(23)8-10-19(16)26/h2-12,20,26H,1H3,(H,24,27)/t20-/m1/s1. The Morgan fingerprint density at radius 3 is 2.48 bits per heavy atom. The summed E-state index contributed by atoms with van der Waals surface area (Å²) in [6.07, 6.45) is -1.40. The molecule has 0 unspecified atom stereocenters. The lowest BCUT2D eigenvalue weighted by molar-refractivity contribution is -0.384. The maximum Gasteiger partial charge on any atom is 0.343 e. The number of aryl methyl sites for hydroxylation is 1. The quantitative estimate of drug-likeness (QED) is 0.205. The largest absolute Gasteiger partial charge is 0.507 e. The molecular weight excluding hydrogens is 515 g/mol. The molecule has 31 heavy (non-hydrogen) atoms. The van der Waals surface area contributed by atoms with Crippen molar-refractivity contribution in [3.8, 4) is 5.75 Å². The first kappa shape index (κ1) is 22.2. The number of phenols is 1. The molecule has 3 aromatic carbocycles. The van der Waals surface area contributed by atoms with Gasteiger partial charge < -0.3 is 15.2 Å². The second-order valence-corrected chi connectivity index (χ2v) is 7.87. The van der Waals surface area contributed by atoms with E-state index in [4.69, 9.17) is 4.74 Å². The molecule has 0 aromatic heterocycles. The predicted molar refractivity (Wildman–Crippen MR) is 122 cm³/mol. The minimum atomic E-state index is -1.40. The van der Waals surface area contributed by atoms with Gasteiger partial charge in [-0.1, -0.05) is 36.4 Å². The van der Waals surface area contributed by atoms with Gasteiger partial charge in [0, 0.05) is 15.2 Å². The Balaban J connectivity index is 1.93. The molecule has 3 aromatic rings. The summed E-state index contributed by atoms with van der Waals surface area (Å²) in [7, 11) is 0. The number of nitro groups is 1. The minimum Gasteiger partial charge on any atom is -0.507 e. The van der Waals surface area contributed by atoms with Crippen LogP contribution in [0.15, 0.2) is 66.7 Å². The number of nitrogens with zero attached hydrogens (tertiary/aromatic N) is 1. The first-order valence-corrected chi connectivity index (χ1v) is 10.1. The maximum atomic E-state index is 13.0. The number of phenolic OH excluding ortho intramolecular Hbond substituents is 1. The van der Waals surface area contributed by atoms with Gasteiger partial charge in [0.25, 0.3) is 11.6 Å². The minimum absolute atomic E-state index is 0.0188. The molecular formula is C22H17IN2O6. The van der Waals surface area contributed by atoms with Gasteiger partial charge >= 0.3 is 5.97 Å². The van der Waals surface area contributed by atoms with Crippen molar-refractivity contribution in [1.29, 1.82) is 0 Å². The summed E-state index contributed by atoms with van der Waals surface area (Å²) < 4.78 is 6.13. The molecule has 2 N–H and O–H groups in total. The van der Waals surface area contributed by atoms with Gasteiger partial charge in [-0.2, -0.15) is 0 Å². The molecule has 0 heterocycles. The molecule has 0 spiro atoms. The lowest BCUT2D eigenvalue weighted by atomic mass is 10.1. The van der Waals surface area contributed by atoms with Gasteiger partial charge in [0.05, 0.1) is 4.92 Å². The molecule has 8 nitrogen and oxygen atoms in total. The molecule has 0 fully saturated rings. The smallest absolute Gasteiger partial charge is 0.343 e. The van der Waals surface area contributed by atoms with Crippen molar-refractivity contribution in [2.45, 2.75) is 13.0 Å². The van der Waals surface area contributed by atoms with E-state index in [1.807, 2.05) is 22.6 Å². The normalized spacial score (nSPS) is 11.4. The molecule has 1 atom stereocenters. The number of carbonyl (C=O) groups is 2. The lowest BCUT2D eigenvalue weighted by Crippen LogP contribution is -2.26. The summed E-state index contributed by atoms with van der Waals surface area (Å²) >= 11 is 1.98. The van der Waals surface area contributed by atoms with E-state index in [1.54, 1.807) is 49.4 Å². The number of aromatic hydroxyl groups is 1. The van der Waals surface area contributed by atoms with Crippen LogP contribution in [0.4, 0.5) is 11.4 Å². The number of hydrogen-bond donors (Lipinski definition) is 2. The zero-order valence-corrected chi connectivity index (χ0v) is 18.4. The van der Waals surface area contributed by atoms with Crippen molar-refractivity contribution in [2.24, 2.45) is 0 Å². The number of anilines is 1. The maximum absolute atomic E-state index is 13.0.